The highest BCUT2D eigenvalue weighted by Crippen LogP contribution is 2.32. The Morgan fingerprint density at radius 3 is 2.45 bits per heavy atom. The van der Waals surface area contributed by atoms with Gasteiger partial charge in [0.2, 0.25) is 15.9 Å². The van der Waals surface area contributed by atoms with E-state index >= 15 is 0 Å². The van der Waals surface area contributed by atoms with Crippen molar-refractivity contribution < 1.29 is 13.2 Å². The molecule has 0 bridgehead atoms. The van der Waals surface area contributed by atoms with Crippen LogP contribution in [0.1, 0.15) is 38.7 Å². The first kappa shape index (κ1) is 22.6. The summed E-state index contributed by atoms with van der Waals surface area (Å²) < 4.78 is 23.3. The molecule has 0 saturated heterocycles. The number of fused-ring (bicyclic) bond motifs is 1. The number of benzene rings is 1. The molecular formula is C22H27N5O3S. The first-order valence-electron chi connectivity index (χ1n) is 10.2. The second-order valence-electron chi connectivity index (χ2n) is 7.47. The number of hydrogen-bond acceptors (Lipinski definition) is 6. The Balaban J connectivity index is 2.00. The lowest BCUT2D eigenvalue weighted by Gasteiger charge is -2.22. The van der Waals surface area contributed by atoms with Gasteiger partial charge in [-0.25, -0.2) is 18.5 Å². The van der Waals surface area contributed by atoms with E-state index in [0.29, 0.717) is 35.7 Å². The Hall–Kier alpha value is -3.04. The minimum Gasteiger partial charge on any atom is -0.387 e. The maximum Gasteiger partial charge on any atom is 0.250 e. The number of carbonyl (C=O) groups excluding carboxylic acids is 1. The van der Waals surface area contributed by atoms with Crippen LogP contribution in [0, 0.1) is 0 Å². The van der Waals surface area contributed by atoms with Crippen LogP contribution in [-0.4, -0.2) is 43.1 Å². The number of primary sulfonamides is 1. The lowest BCUT2D eigenvalue weighted by molar-refractivity contribution is -0.127. The fourth-order valence-electron chi connectivity index (χ4n) is 3.50. The number of aliphatic imine (C=N–C) groups is 1. The third-order valence-corrected chi connectivity index (χ3v) is 5.80. The van der Waals surface area contributed by atoms with Crippen molar-refractivity contribution in [2.45, 2.75) is 38.0 Å². The van der Waals surface area contributed by atoms with Crippen molar-refractivity contribution in [1.82, 2.24) is 9.88 Å². The van der Waals surface area contributed by atoms with Gasteiger partial charge in [-0.05, 0) is 36.6 Å². The molecule has 2 heterocycles. The lowest BCUT2D eigenvalue weighted by Crippen LogP contribution is -2.34. The fraction of sp³-hybridized carbons (Fsp3) is 0.318. The van der Waals surface area contributed by atoms with Gasteiger partial charge in [0.05, 0.1) is 5.69 Å². The molecule has 1 amide bonds. The van der Waals surface area contributed by atoms with E-state index in [2.05, 4.69) is 9.98 Å². The van der Waals surface area contributed by atoms with Crippen molar-refractivity contribution >= 4 is 33.5 Å². The van der Waals surface area contributed by atoms with Gasteiger partial charge in [-0.3, -0.25) is 9.78 Å². The summed E-state index contributed by atoms with van der Waals surface area (Å²) >= 11 is 0. The molecule has 9 heteroatoms. The quantitative estimate of drug-likeness (QED) is 0.682. The number of pyridine rings is 1. The van der Waals surface area contributed by atoms with Gasteiger partial charge >= 0.3 is 0 Å². The van der Waals surface area contributed by atoms with E-state index in [1.54, 1.807) is 12.3 Å². The molecule has 31 heavy (non-hydrogen) atoms. The minimum absolute atomic E-state index is 0.0242. The monoisotopic (exact) mass is 441 g/mol. The van der Waals surface area contributed by atoms with Crippen LogP contribution in [0.15, 0.2) is 52.1 Å². The summed E-state index contributed by atoms with van der Waals surface area (Å²) in [4.78, 5) is 23.3. The largest absolute Gasteiger partial charge is 0.387 e. The first-order valence-corrected chi connectivity index (χ1v) is 11.7. The molecule has 0 aliphatic carbocycles. The normalized spacial score (nSPS) is 13.6. The van der Waals surface area contributed by atoms with Crippen LogP contribution >= 0.6 is 0 Å². The van der Waals surface area contributed by atoms with Gasteiger partial charge in [-0.1, -0.05) is 26.0 Å². The number of nitrogens with zero attached hydrogens (tertiary/aromatic N) is 3. The van der Waals surface area contributed by atoms with E-state index in [-0.39, 0.29) is 17.2 Å². The average molecular weight is 442 g/mol. The minimum atomic E-state index is -3.86. The van der Waals surface area contributed by atoms with Crippen LogP contribution < -0.4 is 10.9 Å². The van der Waals surface area contributed by atoms with Crippen molar-refractivity contribution in [3.8, 4) is 11.1 Å². The molecule has 0 saturated carbocycles. The van der Waals surface area contributed by atoms with E-state index in [4.69, 9.17) is 10.9 Å². The Labute approximate surface area is 182 Å². The third kappa shape index (κ3) is 5.36. The number of sulfonamides is 1. The zero-order chi connectivity index (χ0) is 22.6. The fourth-order valence-corrected chi connectivity index (χ4v) is 4.00. The zero-order valence-corrected chi connectivity index (χ0v) is 18.5. The van der Waals surface area contributed by atoms with Crippen LogP contribution in [0.4, 0.5) is 5.69 Å². The zero-order valence-electron chi connectivity index (χ0n) is 17.7. The predicted octanol–water partition coefficient (Wildman–Crippen LogP) is 2.82. The molecule has 0 atom stereocenters. The Morgan fingerprint density at radius 2 is 1.81 bits per heavy atom. The molecule has 2 aromatic rings. The van der Waals surface area contributed by atoms with Gasteiger partial charge in [0.15, 0.2) is 0 Å². The van der Waals surface area contributed by atoms with Crippen LogP contribution in [0.5, 0.6) is 0 Å². The molecule has 1 aliphatic rings. The Morgan fingerprint density at radius 1 is 1.10 bits per heavy atom. The van der Waals surface area contributed by atoms with Crippen LogP contribution in [0.2, 0.25) is 0 Å². The van der Waals surface area contributed by atoms with Crippen molar-refractivity contribution in [1.29, 1.82) is 0 Å². The molecule has 1 aromatic heterocycles. The number of amidine groups is 1. The molecule has 1 aliphatic heterocycles. The summed E-state index contributed by atoms with van der Waals surface area (Å²) in [6.07, 6.45) is 6.63. The smallest absolute Gasteiger partial charge is 0.250 e. The van der Waals surface area contributed by atoms with Crippen LogP contribution in [0.3, 0.4) is 0 Å². The molecule has 8 nitrogen and oxygen atoms in total. The topological polar surface area (TPSA) is 132 Å². The molecule has 0 spiro atoms. The SMILES string of the molecule is CCCN(CCC)C(=O)C1=Cc2ccc(-c3cncc(S(N)(=O)=O)c3)cc2N=C(N)C1. The summed E-state index contributed by atoms with van der Waals surface area (Å²) in [5.41, 5.74) is 9.42. The molecule has 0 fully saturated rings. The highest BCUT2D eigenvalue weighted by Gasteiger charge is 2.21. The van der Waals surface area contributed by atoms with E-state index in [1.165, 1.54) is 12.3 Å². The Kier molecular flexibility index (Phi) is 6.87. The number of carbonyl (C=O) groups is 1. The molecular weight excluding hydrogens is 414 g/mol. The van der Waals surface area contributed by atoms with Crippen LogP contribution in [-0.2, 0) is 14.8 Å². The summed E-state index contributed by atoms with van der Waals surface area (Å²) in [5, 5.41) is 5.21. The molecule has 1 aromatic carbocycles. The highest BCUT2D eigenvalue weighted by atomic mass is 32.2. The number of rotatable bonds is 7. The second-order valence-corrected chi connectivity index (χ2v) is 9.03. The summed E-state index contributed by atoms with van der Waals surface area (Å²) in [5.74, 6) is 0.323. The van der Waals surface area contributed by atoms with Gasteiger partial charge in [0, 0.05) is 48.6 Å². The highest BCUT2D eigenvalue weighted by molar-refractivity contribution is 7.89. The third-order valence-electron chi connectivity index (χ3n) is 4.92. The molecule has 0 unspecified atom stereocenters. The standard InChI is InChI=1S/C22H27N5O3S/c1-3-7-27(8-4-2)22(28)17-9-16-6-5-15(11-20(16)26-21(23)12-17)18-10-19(14-25-13-18)31(24,29)30/h5-6,9-11,13-14H,3-4,7-8,12H2,1-2H3,(H2,23,26)(H2,24,29,30). The van der Waals surface area contributed by atoms with Gasteiger partial charge in [-0.2, -0.15) is 0 Å². The first-order chi connectivity index (χ1) is 14.7. The number of amides is 1. The van der Waals surface area contributed by atoms with Gasteiger partial charge in [0.1, 0.15) is 10.7 Å². The van der Waals surface area contributed by atoms with Crippen molar-refractivity contribution in [2.24, 2.45) is 15.9 Å². The van der Waals surface area contributed by atoms with E-state index in [1.807, 2.05) is 37.0 Å². The molecule has 4 N–H and O–H groups in total. The number of nitrogens with two attached hydrogens (primary N) is 2. The number of hydrogen-bond donors (Lipinski definition) is 2. The van der Waals surface area contributed by atoms with Gasteiger partial charge in [0.25, 0.3) is 0 Å². The van der Waals surface area contributed by atoms with E-state index < -0.39 is 10.0 Å². The number of aromatic nitrogens is 1. The maximum absolute atomic E-state index is 13.1. The second kappa shape index (κ2) is 9.40. The molecule has 164 valence electrons. The van der Waals surface area contributed by atoms with Gasteiger partial charge < -0.3 is 10.6 Å². The van der Waals surface area contributed by atoms with Gasteiger partial charge in [-0.15, -0.1) is 0 Å². The Bertz CT molecular complexity index is 1150. The lowest BCUT2D eigenvalue weighted by atomic mass is 10.0. The van der Waals surface area contributed by atoms with Crippen molar-refractivity contribution in [3.63, 3.8) is 0 Å². The van der Waals surface area contributed by atoms with E-state index in [0.717, 1.165) is 24.0 Å². The summed E-state index contributed by atoms with van der Waals surface area (Å²) in [7, 11) is -3.86. The van der Waals surface area contributed by atoms with Crippen LogP contribution in [0.25, 0.3) is 17.2 Å². The van der Waals surface area contributed by atoms with Crippen molar-refractivity contribution in [2.75, 3.05) is 13.1 Å². The summed E-state index contributed by atoms with van der Waals surface area (Å²) in [6, 6.07) is 6.93. The molecule has 3 rings (SSSR count). The average Bonchev–Trinajstić information content (AvgIpc) is 2.90. The van der Waals surface area contributed by atoms with E-state index in [9.17, 15) is 13.2 Å². The summed E-state index contributed by atoms with van der Waals surface area (Å²) in [6.45, 7) is 5.48. The molecule has 0 radical (unpaired) electrons. The predicted molar refractivity (Wildman–Crippen MR) is 122 cm³/mol. The van der Waals surface area contributed by atoms with Crippen molar-refractivity contribution in [3.05, 3.63) is 47.8 Å². The maximum atomic E-state index is 13.1.